The second kappa shape index (κ2) is 10.7. The summed E-state index contributed by atoms with van der Waals surface area (Å²) in [7, 11) is 1.59. The standard InChI is InChI=1S/C23H29IN2O4/c1-16(22(28)25-23(2,3)4)26(14-17-7-6-8-20(13-17)29-5)21(27)15-30-19-11-9-18(24)10-12-19/h6-13,16H,14-15H2,1-5H3,(H,25,28)/t16-/m1/s1. The Labute approximate surface area is 192 Å². The molecule has 0 radical (unpaired) electrons. The molecule has 2 rings (SSSR count). The molecule has 1 atom stereocenters. The van der Waals surface area contributed by atoms with E-state index in [1.807, 2.05) is 69.3 Å². The van der Waals surface area contributed by atoms with Crippen molar-refractivity contribution in [1.82, 2.24) is 10.2 Å². The number of nitrogens with zero attached hydrogens (tertiary/aromatic N) is 1. The lowest BCUT2D eigenvalue weighted by Gasteiger charge is -2.31. The minimum Gasteiger partial charge on any atom is -0.497 e. The van der Waals surface area contributed by atoms with E-state index < -0.39 is 11.6 Å². The van der Waals surface area contributed by atoms with Crippen LogP contribution in [0.4, 0.5) is 0 Å². The first-order valence-electron chi connectivity index (χ1n) is 9.72. The number of nitrogens with one attached hydrogen (secondary N) is 1. The first-order valence-corrected chi connectivity index (χ1v) is 10.8. The van der Waals surface area contributed by atoms with E-state index in [2.05, 4.69) is 27.9 Å². The number of methoxy groups -OCH3 is 1. The Balaban J connectivity index is 2.18. The molecule has 0 heterocycles. The van der Waals surface area contributed by atoms with Crippen LogP contribution in [0.1, 0.15) is 33.3 Å². The summed E-state index contributed by atoms with van der Waals surface area (Å²) in [4.78, 5) is 27.3. The number of carbonyl (C=O) groups is 2. The van der Waals surface area contributed by atoms with Crippen LogP contribution < -0.4 is 14.8 Å². The maximum atomic E-state index is 13.0. The zero-order valence-electron chi connectivity index (χ0n) is 18.1. The first-order chi connectivity index (χ1) is 14.1. The Hall–Kier alpha value is -2.29. The van der Waals surface area contributed by atoms with Crippen LogP contribution in [0.15, 0.2) is 48.5 Å². The molecule has 0 aliphatic carbocycles. The van der Waals surface area contributed by atoms with E-state index in [9.17, 15) is 9.59 Å². The molecule has 0 fully saturated rings. The largest absolute Gasteiger partial charge is 0.497 e. The molecule has 0 aliphatic rings. The van der Waals surface area contributed by atoms with E-state index in [1.54, 1.807) is 14.0 Å². The van der Waals surface area contributed by atoms with Gasteiger partial charge in [-0.2, -0.15) is 0 Å². The molecule has 0 aromatic heterocycles. The molecule has 2 aromatic carbocycles. The summed E-state index contributed by atoms with van der Waals surface area (Å²) in [6.45, 7) is 7.57. The van der Waals surface area contributed by atoms with Crippen LogP contribution in [-0.2, 0) is 16.1 Å². The second-order valence-electron chi connectivity index (χ2n) is 8.03. The average Bonchev–Trinajstić information content (AvgIpc) is 2.69. The number of amides is 2. The third-order valence-electron chi connectivity index (χ3n) is 4.33. The number of benzene rings is 2. The van der Waals surface area contributed by atoms with Gasteiger partial charge >= 0.3 is 0 Å². The van der Waals surface area contributed by atoms with E-state index in [4.69, 9.17) is 9.47 Å². The van der Waals surface area contributed by atoms with Gasteiger partial charge in [0.2, 0.25) is 5.91 Å². The van der Waals surface area contributed by atoms with Gasteiger partial charge in [-0.15, -0.1) is 0 Å². The third-order valence-corrected chi connectivity index (χ3v) is 5.05. The Morgan fingerprint density at radius 3 is 2.37 bits per heavy atom. The number of carbonyl (C=O) groups excluding carboxylic acids is 2. The van der Waals surface area contributed by atoms with Crippen molar-refractivity contribution in [3.8, 4) is 11.5 Å². The van der Waals surface area contributed by atoms with E-state index in [-0.39, 0.29) is 25.0 Å². The van der Waals surface area contributed by atoms with Gasteiger partial charge in [0.1, 0.15) is 17.5 Å². The van der Waals surface area contributed by atoms with Gasteiger partial charge in [0, 0.05) is 15.7 Å². The summed E-state index contributed by atoms with van der Waals surface area (Å²) in [5.41, 5.74) is 0.473. The monoisotopic (exact) mass is 524 g/mol. The summed E-state index contributed by atoms with van der Waals surface area (Å²) in [6.07, 6.45) is 0. The van der Waals surface area contributed by atoms with Crippen molar-refractivity contribution >= 4 is 34.4 Å². The minimum atomic E-state index is -0.664. The maximum absolute atomic E-state index is 13.0. The van der Waals surface area contributed by atoms with E-state index in [0.29, 0.717) is 11.5 Å². The normalized spacial score (nSPS) is 12.1. The lowest BCUT2D eigenvalue weighted by molar-refractivity contribution is -0.142. The summed E-state index contributed by atoms with van der Waals surface area (Å²) < 4.78 is 12.0. The van der Waals surface area contributed by atoms with Crippen molar-refractivity contribution in [2.24, 2.45) is 0 Å². The molecule has 2 aromatic rings. The van der Waals surface area contributed by atoms with Crippen LogP contribution >= 0.6 is 22.6 Å². The van der Waals surface area contributed by atoms with Crippen LogP contribution in [-0.4, -0.2) is 42.0 Å². The predicted octanol–water partition coefficient (Wildman–Crippen LogP) is 4.01. The number of ether oxygens (including phenoxy) is 2. The van der Waals surface area contributed by atoms with Gasteiger partial charge < -0.3 is 19.7 Å². The van der Waals surface area contributed by atoms with E-state index >= 15 is 0 Å². The quantitative estimate of drug-likeness (QED) is 0.531. The Morgan fingerprint density at radius 2 is 1.77 bits per heavy atom. The topological polar surface area (TPSA) is 67.9 Å². The number of hydrogen-bond donors (Lipinski definition) is 1. The SMILES string of the molecule is COc1cccc(CN(C(=O)COc2ccc(I)cc2)[C@H](C)C(=O)NC(C)(C)C)c1. The Kier molecular flexibility index (Phi) is 8.52. The van der Waals surface area contributed by atoms with Crippen molar-refractivity contribution in [1.29, 1.82) is 0 Å². The fourth-order valence-corrected chi connectivity index (χ4v) is 3.14. The Morgan fingerprint density at radius 1 is 1.10 bits per heavy atom. The van der Waals surface area contributed by atoms with Gasteiger partial charge in [-0.05, 0) is 92.2 Å². The number of halogens is 1. The van der Waals surface area contributed by atoms with Crippen molar-refractivity contribution in [2.45, 2.75) is 45.8 Å². The average molecular weight is 524 g/mol. The molecule has 6 nitrogen and oxygen atoms in total. The van der Waals surface area contributed by atoms with Crippen molar-refractivity contribution < 1.29 is 19.1 Å². The number of hydrogen-bond acceptors (Lipinski definition) is 4. The molecule has 30 heavy (non-hydrogen) atoms. The highest BCUT2D eigenvalue weighted by molar-refractivity contribution is 14.1. The fraction of sp³-hybridized carbons (Fsp3) is 0.391. The lowest BCUT2D eigenvalue weighted by atomic mass is 10.1. The second-order valence-corrected chi connectivity index (χ2v) is 9.28. The molecule has 162 valence electrons. The van der Waals surface area contributed by atoms with Gasteiger partial charge in [0.25, 0.3) is 5.91 Å². The molecule has 2 amide bonds. The zero-order valence-corrected chi connectivity index (χ0v) is 20.2. The van der Waals surface area contributed by atoms with Gasteiger partial charge in [0.15, 0.2) is 6.61 Å². The summed E-state index contributed by atoms with van der Waals surface area (Å²) in [5.74, 6) is 0.819. The van der Waals surface area contributed by atoms with Crippen molar-refractivity contribution in [3.63, 3.8) is 0 Å². The molecule has 1 N–H and O–H groups in total. The van der Waals surface area contributed by atoms with Crippen LogP contribution in [0, 0.1) is 3.57 Å². The van der Waals surface area contributed by atoms with Gasteiger partial charge in [-0.1, -0.05) is 12.1 Å². The fourth-order valence-electron chi connectivity index (χ4n) is 2.78. The predicted molar refractivity (Wildman–Crippen MR) is 126 cm³/mol. The molecule has 0 aliphatic heterocycles. The molecule has 0 bridgehead atoms. The highest BCUT2D eigenvalue weighted by atomic mass is 127. The molecule has 0 saturated heterocycles. The number of rotatable bonds is 8. The van der Waals surface area contributed by atoms with Crippen molar-refractivity contribution in [2.75, 3.05) is 13.7 Å². The first kappa shape index (κ1) is 24.0. The van der Waals surface area contributed by atoms with Crippen LogP contribution in [0.3, 0.4) is 0 Å². The molecule has 7 heteroatoms. The van der Waals surface area contributed by atoms with Crippen molar-refractivity contribution in [3.05, 3.63) is 57.7 Å². The van der Waals surface area contributed by atoms with Crippen LogP contribution in [0.25, 0.3) is 0 Å². The third kappa shape index (κ3) is 7.51. The summed E-state index contributed by atoms with van der Waals surface area (Å²) >= 11 is 2.21. The summed E-state index contributed by atoms with van der Waals surface area (Å²) in [6, 6.07) is 14.2. The van der Waals surface area contributed by atoms with Crippen LogP contribution in [0.2, 0.25) is 0 Å². The lowest BCUT2D eigenvalue weighted by Crippen LogP contribution is -2.53. The van der Waals surface area contributed by atoms with Gasteiger partial charge in [0.05, 0.1) is 7.11 Å². The molecular weight excluding hydrogens is 495 g/mol. The van der Waals surface area contributed by atoms with Gasteiger partial charge in [-0.25, -0.2) is 0 Å². The van der Waals surface area contributed by atoms with Crippen LogP contribution in [0.5, 0.6) is 11.5 Å². The molecule has 0 spiro atoms. The van der Waals surface area contributed by atoms with E-state index in [1.165, 1.54) is 4.90 Å². The highest BCUT2D eigenvalue weighted by Gasteiger charge is 2.28. The Bertz CT molecular complexity index is 862. The van der Waals surface area contributed by atoms with Gasteiger partial charge in [-0.3, -0.25) is 9.59 Å². The molecular formula is C23H29IN2O4. The molecule has 0 unspecified atom stereocenters. The molecule has 0 saturated carbocycles. The smallest absolute Gasteiger partial charge is 0.261 e. The maximum Gasteiger partial charge on any atom is 0.261 e. The highest BCUT2D eigenvalue weighted by Crippen LogP contribution is 2.18. The van der Waals surface area contributed by atoms with E-state index in [0.717, 1.165) is 9.13 Å². The minimum absolute atomic E-state index is 0.155. The summed E-state index contributed by atoms with van der Waals surface area (Å²) in [5, 5.41) is 2.94. The zero-order chi connectivity index (χ0) is 22.3.